The highest BCUT2D eigenvalue weighted by molar-refractivity contribution is 7.88. The summed E-state index contributed by atoms with van der Waals surface area (Å²) in [5, 5.41) is -5.65. The van der Waals surface area contributed by atoms with Crippen molar-refractivity contribution in [2.24, 2.45) is 0 Å². The van der Waals surface area contributed by atoms with Crippen LogP contribution in [0.15, 0.2) is 25.3 Å². The summed E-state index contributed by atoms with van der Waals surface area (Å²) in [5.41, 5.74) is 0. The molecule has 0 aliphatic rings. The molecule has 1 amide bonds. The maximum atomic E-state index is 13.5. The van der Waals surface area contributed by atoms with Crippen LogP contribution in [0.4, 0.5) is 21.4 Å². The van der Waals surface area contributed by atoms with Crippen LogP contribution >= 0.6 is 0 Å². The SMILES string of the molecule is C=CCN(CC=C)C(=O)C(F)(C(F)(F)F)S(=O)(=O)F. The Kier molecular flexibility index (Phi) is 5.24. The first-order valence-electron chi connectivity index (χ1n) is 4.64. The van der Waals surface area contributed by atoms with Crippen molar-refractivity contribution in [3.8, 4) is 0 Å². The van der Waals surface area contributed by atoms with Gasteiger partial charge in [0.25, 0.3) is 5.91 Å². The minimum absolute atomic E-state index is 0.116. The number of amides is 1. The van der Waals surface area contributed by atoms with Crippen LogP contribution in [0.1, 0.15) is 0 Å². The number of alkyl halides is 4. The number of hydrogen-bond acceptors (Lipinski definition) is 3. The van der Waals surface area contributed by atoms with Crippen molar-refractivity contribution in [3.05, 3.63) is 25.3 Å². The number of hydrogen-bond donors (Lipinski definition) is 0. The van der Waals surface area contributed by atoms with Crippen molar-refractivity contribution >= 4 is 16.1 Å². The Balaban J connectivity index is 5.84. The molecule has 1 atom stereocenters. The third kappa shape index (κ3) is 3.31. The van der Waals surface area contributed by atoms with Gasteiger partial charge in [-0.3, -0.25) is 4.79 Å². The summed E-state index contributed by atoms with van der Waals surface area (Å²) >= 11 is 0. The lowest BCUT2D eigenvalue weighted by molar-refractivity contribution is -0.206. The van der Waals surface area contributed by atoms with E-state index in [2.05, 4.69) is 13.2 Å². The standard InChI is InChI=1S/C9H10F5NO3S/c1-3-5-15(6-4-2)7(16)8(10,9(11,12)13)19(14,17)18/h3-4H,1-2,5-6H2. The summed E-state index contributed by atoms with van der Waals surface area (Å²) in [6.07, 6.45) is -4.41. The maximum Gasteiger partial charge on any atom is 0.450 e. The van der Waals surface area contributed by atoms with Crippen LogP contribution in [0.2, 0.25) is 0 Å². The zero-order valence-electron chi connectivity index (χ0n) is 9.45. The van der Waals surface area contributed by atoms with Gasteiger partial charge in [0.05, 0.1) is 0 Å². The largest absolute Gasteiger partial charge is 0.450 e. The third-order valence-corrected chi connectivity index (χ3v) is 3.04. The molecule has 0 spiro atoms. The fraction of sp³-hybridized carbons (Fsp3) is 0.444. The molecule has 0 aromatic rings. The second-order valence-electron chi connectivity index (χ2n) is 3.32. The molecule has 0 aliphatic heterocycles. The van der Waals surface area contributed by atoms with E-state index in [1.54, 1.807) is 0 Å². The predicted molar refractivity (Wildman–Crippen MR) is 56.9 cm³/mol. The summed E-state index contributed by atoms with van der Waals surface area (Å²) in [5.74, 6) is -2.58. The third-order valence-electron chi connectivity index (χ3n) is 1.96. The molecule has 0 saturated carbocycles. The molecule has 0 fully saturated rings. The van der Waals surface area contributed by atoms with E-state index in [1.165, 1.54) is 0 Å². The molecule has 0 N–H and O–H groups in total. The summed E-state index contributed by atoms with van der Waals surface area (Å²) < 4.78 is 84.1. The van der Waals surface area contributed by atoms with Gasteiger partial charge >= 0.3 is 21.4 Å². The normalized spacial score (nSPS) is 15.4. The van der Waals surface area contributed by atoms with Crippen LogP contribution in [0.25, 0.3) is 0 Å². The van der Waals surface area contributed by atoms with Crippen LogP contribution in [-0.2, 0) is 15.0 Å². The molecule has 0 saturated heterocycles. The quantitative estimate of drug-likeness (QED) is 0.426. The van der Waals surface area contributed by atoms with Crippen LogP contribution in [0.5, 0.6) is 0 Å². The van der Waals surface area contributed by atoms with Crippen LogP contribution in [0, 0.1) is 0 Å². The highest BCUT2D eigenvalue weighted by Gasteiger charge is 2.73. The molecule has 0 bridgehead atoms. The van der Waals surface area contributed by atoms with Crippen molar-refractivity contribution in [2.45, 2.75) is 11.2 Å². The first-order chi connectivity index (χ1) is 8.43. The Morgan fingerprint density at radius 3 is 1.68 bits per heavy atom. The van der Waals surface area contributed by atoms with E-state index in [-0.39, 0.29) is 4.90 Å². The van der Waals surface area contributed by atoms with Gasteiger partial charge in [-0.1, -0.05) is 12.2 Å². The molecule has 0 aliphatic carbocycles. The van der Waals surface area contributed by atoms with Crippen molar-refractivity contribution in [1.82, 2.24) is 4.90 Å². The highest BCUT2D eigenvalue weighted by Crippen LogP contribution is 2.41. The Bertz CT molecular complexity index is 463. The van der Waals surface area contributed by atoms with E-state index >= 15 is 0 Å². The summed E-state index contributed by atoms with van der Waals surface area (Å²) in [7, 11) is -6.85. The number of nitrogens with zero attached hydrogens (tertiary/aromatic N) is 1. The van der Waals surface area contributed by atoms with Crippen molar-refractivity contribution < 1.29 is 34.7 Å². The Hall–Kier alpha value is -1.45. The van der Waals surface area contributed by atoms with Crippen molar-refractivity contribution in [3.63, 3.8) is 0 Å². The predicted octanol–water partition coefficient (Wildman–Crippen LogP) is 1.71. The zero-order valence-corrected chi connectivity index (χ0v) is 10.3. The first-order valence-corrected chi connectivity index (χ1v) is 6.02. The molecular formula is C9H10F5NO3S. The lowest BCUT2D eigenvalue weighted by Gasteiger charge is -2.28. The fourth-order valence-corrected chi connectivity index (χ4v) is 1.73. The van der Waals surface area contributed by atoms with E-state index in [1.807, 2.05) is 0 Å². The van der Waals surface area contributed by atoms with Crippen LogP contribution in [0.3, 0.4) is 0 Å². The Morgan fingerprint density at radius 2 is 1.47 bits per heavy atom. The van der Waals surface area contributed by atoms with Crippen LogP contribution < -0.4 is 0 Å². The molecule has 0 radical (unpaired) electrons. The number of carbonyl (C=O) groups is 1. The molecule has 0 aromatic carbocycles. The number of carbonyl (C=O) groups excluding carboxylic acids is 1. The van der Waals surface area contributed by atoms with Gasteiger partial charge in [-0.15, -0.1) is 17.0 Å². The van der Waals surface area contributed by atoms with Crippen LogP contribution in [-0.4, -0.2) is 43.5 Å². The lowest BCUT2D eigenvalue weighted by Crippen LogP contribution is -2.58. The summed E-state index contributed by atoms with van der Waals surface area (Å²) in [4.78, 5) is 11.5. The average Bonchev–Trinajstić information content (AvgIpc) is 2.23. The lowest BCUT2D eigenvalue weighted by atomic mass is 10.3. The first kappa shape index (κ1) is 17.6. The van der Waals surface area contributed by atoms with Gasteiger partial charge in [0.15, 0.2) is 0 Å². The van der Waals surface area contributed by atoms with Gasteiger partial charge < -0.3 is 4.90 Å². The molecule has 0 rings (SSSR count). The maximum absolute atomic E-state index is 13.5. The molecule has 0 aromatic heterocycles. The van der Waals surface area contributed by atoms with E-state index in [4.69, 9.17) is 0 Å². The Morgan fingerprint density at radius 1 is 1.11 bits per heavy atom. The zero-order chi connectivity index (χ0) is 15.5. The van der Waals surface area contributed by atoms with Gasteiger partial charge in [0.1, 0.15) is 0 Å². The molecule has 110 valence electrons. The number of halogens is 5. The van der Waals surface area contributed by atoms with E-state index in [9.17, 15) is 34.7 Å². The van der Waals surface area contributed by atoms with Gasteiger partial charge in [-0.05, 0) is 0 Å². The monoisotopic (exact) mass is 307 g/mol. The minimum atomic E-state index is -6.85. The topological polar surface area (TPSA) is 54.5 Å². The summed E-state index contributed by atoms with van der Waals surface area (Å²) in [6, 6.07) is 0. The molecule has 1 unspecified atom stereocenters. The fourth-order valence-electron chi connectivity index (χ4n) is 1.12. The number of rotatable bonds is 6. The molecule has 4 nitrogen and oxygen atoms in total. The molecular weight excluding hydrogens is 297 g/mol. The molecule has 10 heteroatoms. The van der Waals surface area contributed by atoms with Gasteiger partial charge in [0, 0.05) is 13.1 Å². The van der Waals surface area contributed by atoms with E-state index in [0.29, 0.717) is 0 Å². The second-order valence-corrected chi connectivity index (χ2v) is 4.76. The molecule has 19 heavy (non-hydrogen) atoms. The Labute approximate surface area is 106 Å². The average molecular weight is 307 g/mol. The van der Waals surface area contributed by atoms with Gasteiger partial charge in [-0.25, -0.2) is 4.39 Å². The van der Waals surface area contributed by atoms with E-state index in [0.717, 1.165) is 12.2 Å². The van der Waals surface area contributed by atoms with Gasteiger partial charge in [0.2, 0.25) is 0 Å². The van der Waals surface area contributed by atoms with Gasteiger partial charge in [-0.2, -0.15) is 21.6 Å². The summed E-state index contributed by atoms with van der Waals surface area (Å²) in [6.45, 7) is 4.97. The van der Waals surface area contributed by atoms with Crippen molar-refractivity contribution in [1.29, 1.82) is 0 Å². The van der Waals surface area contributed by atoms with Crippen molar-refractivity contribution in [2.75, 3.05) is 13.1 Å². The second kappa shape index (κ2) is 5.68. The van der Waals surface area contributed by atoms with E-state index < -0.39 is 40.4 Å². The molecule has 0 heterocycles. The minimum Gasteiger partial charge on any atom is -0.331 e. The smallest absolute Gasteiger partial charge is 0.331 e. The highest BCUT2D eigenvalue weighted by atomic mass is 32.3.